The van der Waals surface area contributed by atoms with Gasteiger partial charge in [0.2, 0.25) is 11.8 Å². The van der Waals surface area contributed by atoms with Crippen LogP contribution in [-0.2, 0) is 14.3 Å². The highest BCUT2D eigenvalue weighted by atomic mass is 35.5. The van der Waals surface area contributed by atoms with Crippen LogP contribution in [0, 0.1) is 23.7 Å². The number of hydrogen-bond acceptors (Lipinski definition) is 8. The van der Waals surface area contributed by atoms with Crippen molar-refractivity contribution in [1.29, 1.82) is 0 Å². The lowest BCUT2D eigenvalue weighted by molar-refractivity contribution is -0.271. The van der Waals surface area contributed by atoms with Crippen molar-refractivity contribution in [2.75, 3.05) is 33.3 Å². The molecule has 0 aromatic carbocycles. The molecule has 1 saturated carbocycles. The summed E-state index contributed by atoms with van der Waals surface area (Å²) in [6.07, 6.45) is -3.92. The molecule has 4 heterocycles. The number of carbonyl (C=O) groups excluding carboxylic acids is 2. The Morgan fingerprint density at radius 2 is 1.85 bits per heavy atom. The zero-order chi connectivity index (χ0) is 28.8. The van der Waals surface area contributed by atoms with E-state index >= 15 is 0 Å². The molecule has 2 amide bonds. The van der Waals surface area contributed by atoms with E-state index in [1.54, 1.807) is 23.8 Å². The number of piperidine rings is 2. The van der Waals surface area contributed by atoms with Crippen LogP contribution < -0.4 is 21.3 Å². The van der Waals surface area contributed by atoms with Crippen LogP contribution >= 0.6 is 23.4 Å². The summed E-state index contributed by atoms with van der Waals surface area (Å²) in [7, 11) is 1.70. The van der Waals surface area contributed by atoms with E-state index in [0.29, 0.717) is 32.2 Å². The van der Waals surface area contributed by atoms with Gasteiger partial charge in [0.25, 0.3) is 0 Å². The first-order valence-electron chi connectivity index (χ1n) is 14.3. The van der Waals surface area contributed by atoms with Crippen LogP contribution in [0.2, 0.25) is 0 Å². The SMILES string of the molecule is COC1CNC(Cl)CC1C1CC(C)NCC1C(=O)NC1NC2CN(C(=O)C3CCC(O)(C(F)(F)F)CC3)CC2S1. The van der Waals surface area contributed by atoms with Gasteiger partial charge in [0.05, 0.1) is 17.5 Å². The Balaban J connectivity index is 1.13. The van der Waals surface area contributed by atoms with Crippen molar-refractivity contribution in [1.82, 2.24) is 26.2 Å². The Bertz CT molecular complexity index is 929. The van der Waals surface area contributed by atoms with Gasteiger partial charge >= 0.3 is 6.18 Å². The molecule has 0 radical (unpaired) electrons. The summed E-state index contributed by atoms with van der Waals surface area (Å²) in [5.41, 5.74) is -3.11. The molecule has 0 aromatic rings. The third-order valence-electron chi connectivity index (χ3n) is 9.73. The molecule has 228 valence electrons. The minimum absolute atomic E-state index is 0.00505. The van der Waals surface area contributed by atoms with Gasteiger partial charge in [-0.05, 0) is 57.3 Å². The number of thioether (sulfide) groups is 1. The monoisotopic (exact) mass is 611 g/mol. The molecule has 9 atom stereocenters. The smallest absolute Gasteiger partial charge is 0.380 e. The Labute approximate surface area is 242 Å². The molecule has 0 aromatic heterocycles. The Morgan fingerprint density at radius 3 is 2.50 bits per heavy atom. The molecule has 9 nitrogen and oxygen atoms in total. The molecule has 1 aliphatic carbocycles. The molecular weight excluding hydrogens is 571 g/mol. The Hall–Kier alpha value is -0.830. The van der Waals surface area contributed by atoms with Crippen molar-refractivity contribution in [3.05, 3.63) is 0 Å². The number of halogens is 4. The van der Waals surface area contributed by atoms with Gasteiger partial charge in [0.15, 0.2) is 5.60 Å². The summed E-state index contributed by atoms with van der Waals surface area (Å²) >= 11 is 8.03. The highest BCUT2D eigenvalue weighted by Gasteiger charge is 2.56. The molecule has 0 bridgehead atoms. The van der Waals surface area contributed by atoms with E-state index in [4.69, 9.17) is 16.3 Å². The quantitative estimate of drug-likeness (QED) is 0.235. The third kappa shape index (κ3) is 6.26. The summed E-state index contributed by atoms with van der Waals surface area (Å²) in [5, 5.41) is 23.3. The maximum absolute atomic E-state index is 13.6. The van der Waals surface area contributed by atoms with Gasteiger partial charge in [-0.1, -0.05) is 0 Å². The molecule has 4 aliphatic heterocycles. The molecule has 5 fully saturated rings. The maximum Gasteiger partial charge on any atom is 0.417 e. The fourth-order valence-corrected chi connectivity index (χ4v) is 9.03. The van der Waals surface area contributed by atoms with Crippen molar-refractivity contribution in [3.63, 3.8) is 0 Å². The van der Waals surface area contributed by atoms with E-state index in [0.717, 1.165) is 12.8 Å². The first-order valence-corrected chi connectivity index (χ1v) is 15.7. The second-order valence-corrected chi connectivity index (χ2v) is 14.1. The molecule has 5 rings (SSSR count). The van der Waals surface area contributed by atoms with E-state index in [-0.39, 0.29) is 70.8 Å². The third-order valence-corrected chi connectivity index (χ3v) is 11.4. The second kappa shape index (κ2) is 12.0. The number of fused-ring (bicyclic) bond motifs is 1. The van der Waals surface area contributed by atoms with Crippen LogP contribution in [0.5, 0.6) is 0 Å². The molecule has 4 saturated heterocycles. The normalized spacial score (nSPS) is 44.3. The van der Waals surface area contributed by atoms with Gasteiger partial charge in [0, 0.05) is 56.5 Å². The number of alkyl halides is 4. The zero-order valence-corrected chi connectivity index (χ0v) is 24.5. The highest BCUT2D eigenvalue weighted by Crippen LogP contribution is 2.44. The minimum Gasteiger partial charge on any atom is -0.380 e. The van der Waals surface area contributed by atoms with Crippen LogP contribution in [-0.4, -0.2) is 101 Å². The van der Waals surface area contributed by atoms with Crippen molar-refractivity contribution in [3.8, 4) is 0 Å². The summed E-state index contributed by atoms with van der Waals surface area (Å²) in [4.78, 5) is 28.3. The summed E-state index contributed by atoms with van der Waals surface area (Å²) in [6, 6.07) is 0.290. The number of ether oxygens (including phenoxy) is 1. The topological polar surface area (TPSA) is 115 Å². The number of methoxy groups -OCH3 is 1. The zero-order valence-electron chi connectivity index (χ0n) is 22.9. The minimum atomic E-state index is -4.68. The van der Waals surface area contributed by atoms with Gasteiger partial charge in [0.1, 0.15) is 5.50 Å². The van der Waals surface area contributed by atoms with Crippen molar-refractivity contribution < 1.29 is 32.6 Å². The predicted octanol–water partition coefficient (Wildman–Crippen LogP) is 1.59. The predicted molar refractivity (Wildman–Crippen MR) is 145 cm³/mol. The number of hydrogen-bond donors (Lipinski definition) is 5. The number of carbonyl (C=O) groups is 2. The van der Waals surface area contributed by atoms with Crippen LogP contribution in [0.15, 0.2) is 0 Å². The number of nitrogens with one attached hydrogen (secondary N) is 4. The molecule has 14 heteroatoms. The average Bonchev–Trinajstić information content (AvgIpc) is 3.47. The van der Waals surface area contributed by atoms with Crippen molar-refractivity contribution >= 4 is 35.2 Å². The Kier molecular flexibility index (Phi) is 9.22. The second-order valence-electron chi connectivity index (χ2n) is 12.2. The van der Waals surface area contributed by atoms with E-state index < -0.39 is 30.5 Å². The lowest BCUT2D eigenvalue weighted by atomic mass is 9.70. The molecular formula is C26H41ClF3N5O4S. The van der Waals surface area contributed by atoms with Crippen molar-refractivity contribution in [2.45, 2.75) is 91.7 Å². The van der Waals surface area contributed by atoms with Gasteiger partial charge < -0.3 is 25.4 Å². The molecule has 40 heavy (non-hydrogen) atoms. The first kappa shape index (κ1) is 30.6. The molecule has 5 N–H and O–H groups in total. The summed E-state index contributed by atoms with van der Waals surface area (Å²) in [5.74, 6) is -0.569. The Morgan fingerprint density at radius 1 is 1.12 bits per heavy atom. The van der Waals surface area contributed by atoms with Crippen LogP contribution in [0.3, 0.4) is 0 Å². The largest absolute Gasteiger partial charge is 0.417 e. The van der Waals surface area contributed by atoms with Crippen LogP contribution in [0.4, 0.5) is 13.2 Å². The van der Waals surface area contributed by atoms with Gasteiger partial charge in [-0.3, -0.25) is 20.2 Å². The first-order chi connectivity index (χ1) is 18.9. The van der Waals surface area contributed by atoms with Crippen LogP contribution in [0.25, 0.3) is 0 Å². The standard InChI is InChI=1S/C26H41ClF3N5O4S/c1-13-7-15(16-8-21(27)32-10-19(16)39-2)17(9-31-13)22(36)34-24-33-18-11-35(12-20(18)40-24)23(37)14-3-5-25(38,6-4-14)26(28,29)30/h13-21,24,31-33,38H,3-12H2,1-2H3,(H,34,36). The number of nitrogens with zero attached hydrogens (tertiary/aromatic N) is 1. The number of rotatable bonds is 5. The fourth-order valence-electron chi connectivity index (χ4n) is 7.33. The van der Waals surface area contributed by atoms with E-state index in [2.05, 4.69) is 28.2 Å². The maximum atomic E-state index is 13.6. The number of likely N-dealkylation sites (tertiary alicyclic amines) is 1. The van der Waals surface area contributed by atoms with E-state index in [1.807, 2.05) is 0 Å². The molecule has 9 unspecified atom stereocenters. The van der Waals surface area contributed by atoms with Crippen LogP contribution in [0.1, 0.15) is 45.4 Å². The average molecular weight is 612 g/mol. The molecule has 0 spiro atoms. The number of aliphatic hydroxyl groups is 1. The van der Waals surface area contributed by atoms with E-state index in [1.165, 1.54) is 0 Å². The van der Waals surface area contributed by atoms with E-state index in [9.17, 15) is 27.9 Å². The van der Waals surface area contributed by atoms with Gasteiger partial charge in [-0.2, -0.15) is 13.2 Å². The van der Waals surface area contributed by atoms with Crippen molar-refractivity contribution in [2.24, 2.45) is 23.7 Å². The summed E-state index contributed by atoms with van der Waals surface area (Å²) < 4.78 is 45.2. The lowest BCUT2D eigenvalue weighted by Gasteiger charge is -2.45. The van der Waals surface area contributed by atoms with Gasteiger partial charge in [-0.15, -0.1) is 23.4 Å². The molecule has 5 aliphatic rings. The highest BCUT2D eigenvalue weighted by molar-refractivity contribution is 8.00. The fraction of sp³-hybridized carbons (Fsp3) is 0.923. The number of amides is 2. The van der Waals surface area contributed by atoms with Gasteiger partial charge in [-0.25, -0.2) is 0 Å². The summed E-state index contributed by atoms with van der Waals surface area (Å²) in [6.45, 7) is 4.32. The lowest BCUT2D eigenvalue weighted by Crippen LogP contribution is -2.57.